The molecule has 3 N–H and O–H groups in total. The number of nitrogens with zero attached hydrogens (tertiary/aromatic N) is 1. The minimum absolute atomic E-state index is 0.162. The number of benzene rings is 1. The predicted octanol–water partition coefficient (Wildman–Crippen LogP) is 1.15. The molecule has 0 radical (unpaired) electrons. The van der Waals surface area contributed by atoms with Gasteiger partial charge in [0.05, 0.1) is 13.2 Å². The summed E-state index contributed by atoms with van der Waals surface area (Å²) in [6, 6.07) is 8.17. The molecule has 0 aromatic heterocycles. The van der Waals surface area contributed by atoms with E-state index in [4.69, 9.17) is 10.5 Å². The first-order chi connectivity index (χ1) is 8.74. The van der Waals surface area contributed by atoms with E-state index >= 15 is 0 Å². The summed E-state index contributed by atoms with van der Waals surface area (Å²) < 4.78 is 5.25. The van der Waals surface area contributed by atoms with Gasteiger partial charge in [-0.1, -0.05) is 12.1 Å². The van der Waals surface area contributed by atoms with Gasteiger partial charge < -0.3 is 15.6 Å². The van der Waals surface area contributed by atoms with Crippen molar-refractivity contribution in [3.05, 3.63) is 29.8 Å². The Morgan fingerprint density at radius 3 is 3.06 bits per heavy atom. The third-order valence-corrected chi connectivity index (χ3v) is 3.57. The van der Waals surface area contributed by atoms with Crippen molar-refractivity contribution in [3.8, 4) is 5.75 Å². The minimum atomic E-state index is -0.224. The van der Waals surface area contributed by atoms with Gasteiger partial charge in [0.1, 0.15) is 5.75 Å². The average molecular weight is 250 g/mol. The fourth-order valence-corrected chi connectivity index (χ4v) is 2.61. The lowest BCUT2D eigenvalue weighted by molar-refractivity contribution is 0.0479. The fourth-order valence-electron chi connectivity index (χ4n) is 2.61. The maximum absolute atomic E-state index is 9.76. The molecular formula is C14H22N2O2. The molecule has 18 heavy (non-hydrogen) atoms. The maximum atomic E-state index is 9.76. The van der Waals surface area contributed by atoms with Crippen molar-refractivity contribution in [1.82, 2.24) is 4.90 Å². The summed E-state index contributed by atoms with van der Waals surface area (Å²) in [4.78, 5) is 2.27. The Hall–Kier alpha value is -1.10. The summed E-state index contributed by atoms with van der Waals surface area (Å²) >= 11 is 0. The lowest BCUT2D eigenvalue weighted by Gasteiger charge is -2.36. The van der Waals surface area contributed by atoms with Crippen molar-refractivity contribution in [3.63, 3.8) is 0 Å². The summed E-state index contributed by atoms with van der Waals surface area (Å²) in [6.45, 7) is 2.26. The van der Waals surface area contributed by atoms with Crippen LogP contribution in [0.4, 0.5) is 0 Å². The Labute approximate surface area is 108 Å². The Balaban J connectivity index is 2.16. The van der Waals surface area contributed by atoms with E-state index in [1.54, 1.807) is 7.11 Å². The predicted molar refractivity (Wildman–Crippen MR) is 71.6 cm³/mol. The molecule has 2 atom stereocenters. The van der Waals surface area contributed by atoms with E-state index in [2.05, 4.69) is 11.0 Å². The zero-order valence-corrected chi connectivity index (χ0v) is 10.9. The number of hydrogen-bond donors (Lipinski definition) is 2. The van der Waals surface area contributed by atoms with E-state index in [9.17, 15) is 5.11 Å². The SMILES string of the molecule is COc1cccc(C(CN)N2CCCC(O)C2)c1. The van der Waals surface area contributed by atoms with Gasteiger partial charge in [0, 0.05) is 19.1 Å². The molecule has 0 saturated carbocycles. The van der Waals surface area contributed by atoms with Crippen molar-refractivity contribution in [2.45, 2.75) is 25.0 Å². The van der Waals surface area contributed by atoms with Crippen LogP contribution in [0, 0.1) is 0 Å². The molecule has 1 aliphatic heterocycles. The summed E-state index contributed by atoms with van der Waals surface area (Å²) in [5, 5.41) is 9.76. The van der Waals surface area contributed by atoms with Gasteiger partial charge in [-0.15, -0.1) is 0 Å². The second kappa shape index (κ2) is 6.18. The van der Waals surface area contributed by atoms with Gasteiger partial charge in [0.25, 0.3) is 0 Å². The smallest absolute Gasteiger partial charge is 0.119 e. The molecule has 0 spiro atoms. The number of nitrogens with two attached hydrogens (primary N) is 1. The Kier molecular flexibility index (Phi) is 4.58. The molecule has 1 aromatic rings. The highest BCUT2D eigenvalue weighted by atomic mass is 16.5. The molecule has 0 aliphatic carbocycles. The summed E-state index contributed by atoms with van der Waals surface area (Å²) in [5.41, 5.74) is 7.07. The summed E-state index contributed by atoms with van der Waals surface area (Å²) in [7, 11) is 1.67. The van der Waals surface area contributed by atoms with Crippen molar-refractivity contribution < 1.29 is 9.84 Å². The number of piperidine rings is 1. The molecule has 1 saturated heterocycles. The first-order valence-electron chi connectivity index (χ1n) is 6.50. The van der Waals surface area contributed by atoms with Crippen LogP contribution in [0.3, 0.4) is 0 Å². The van der Waals surface area contributed by atoms with Gasteiger partial charge in [-0.3, -0.25) is 4.90 Å². The molecule has 1 aliphatic rings. The van der Waals surface area contributed by atoms with Crippen LogP contribution in [0.1, 0.15) is 24.4 Å². The van der Waals surface area contributed by atoms with Crippen molar-refractivity contribution in [2.75, 3.05) is 26.7 Å². The topological polar surface area (TPSA) is 58.7 Å². The summed E-state index contributed by atoms with van der Waals surface area (Å²) in [6.07, 6.45) is 1.70. The molecule has 0 amide bonds. The lowest BCUT2D eigenvalue weighted by atomic mass is 10.0. The second-order valence-electron chi connectivity index (χ2n) is 4.82. The van der Waals surface area contributed by atoms with Gasteiger partial charge in [0.15, 0.2) is 0 Å². The van der Waals surface area contributed by atoms with E-state index in [0.29, 0.717) is 13.1 Å². The Bertz CT molecular complexity index is 384. The number of rotatable bonds is 4. The third-order valence-electron chi connectivity index (χ3n) is 3.57. The standard InChI is InChI=1S/C14H22N2O2/c1-18-13-6-2-4-11(8-13)14(9-15)16-7-3-5-12(17)10-16/h2,4,6,8,12,14,17H,3,5,7,9-10,15H2,1H3. The van der Waals surface area contributed by atoms with Crippen LogP contribution in [-0.4, -0.2) is 42.9 Å². The lowest BCUT2D eigenvalue weighted by Crippen LogP contribution is -2.43. The van der Waals surface area contributed by atoms with E-state index in [1.165, 1.54) is 0 Å². The molecule has 1 heterocycles. The van der Waals surface area contributed by atoms with Gasteiger partial charge in [-0.25, -0.2) is 0 Å². The zero-order valence-electron chi connectivity index (χ0n) is 10.9. The van der Waals surface area contributed by atoms with E-state index in [-0.39, 0.29) is 12.1 Å². The van der Waals surface area contributed by atoms with Crippen molar-refractivity contribution in [1.29, 1.82) is 0 Å². The van der Waals surface area contributed by atoms with Crippen LogP contribution in [-0.2, 0) is 0 Å². The van der Waals surface area contributed by atoms with Crippen LogP contribution in [0.2, 0.25) is 0 Å². The first-order valence-corrected chi connectivity index (χ1v) is 6.50. The first kappa shape index (κ1) is 13.3. The Morgan fingerprint density at radius 1 is 1.56 bits per heavy atom. The molecule has 4 nitrogen and oxygen atoms in total. The second-order valence-corrected chi connectivity index (χ2v) is 4.82. The number of likely N-dealkylation sites (tertiary alicyclic amines) is 1. The van der Waals surface area contributed by atoms with Gasteiger partial charge in [-0.2, -0.15) is 0 Å². The normalized spacial score (nSPS) is 22.7. The third kappa shape index (κ3) is 3.02. The van der Waals surface area contributed by atoms with Crippen molar-refractivity contribution >= 4 is 0 Å². The highest BCUT2D eigenvalue weighted by Gasteiger charge is 2.25. The number of aliphatic hydroxyl groups is 1. The molecule has 4 heteroatoms. The molecule has 2 rings (SSSR count). The van der Waals surface area contributed by atoms with Gasteiger partial charge in [-0.05, 0) is 37.1 Å². The average Bonchev–Trinajstić information content (AvgIpc) is 2.40. The highest BCUT2D eigenvalue weighted by Crippen LogP contribution is 2.26. The monoisotopic (exact) mass is 250 g/mol. The van der Waals surface area contributed by atoms with Gasteiger partial charge in [0.2, 0.25) is 0 Å². The molecule has 0 bridgehead atoms. The van der Waals surface area contributed by atoms with E-state index in [0.717, 1.165) is 30.7 Å². The fraction of sp³-hybridized carbons (Fsp3) is 0.571. The van der Waals surface area contributed by atoms with Crippen LogP contribution < -0.4 is 10.5 Å². The Morgan fingerprint density at radius 2 is 2.39 bits per heavy atom. The van der Waals surface area contributed by atoms with Gasteiger partial charge >= 0.3 is 0 Å². The van der Waals surface area contributed by atoms with Crippen LogP contribution >= 0.6 is 0 Å². The molecule has 1 fully saturated rings. The number of aliphatic hydroxyl groups excluding tert-OH is 1. The number of methoxy groups -OCH3 is 1. The maximum Gasteiger partial charge on any atom is 0.119 e. The minimum Gasteiger partial charge on any atom is -0.497 e. The van der Waals surface area contributed by atoms with Crippen LogP contribution in [0.5, 0.6) is 5.75 Å². The highest BCUT2D eigenvalue weighted by molar-refractivity contribution is 5.30. The zero-order chi connectivity index (χ0) is 13.0. The molecule has 2 unspecified atom stereocenters. The van der Waals surface area contributed by atoms with E-state index in [1.807, 2.05) is 18.2 Å². The van der Waals surface area contributed by atoms with Crippen molar-refractivity contribution in [2.24, 2.45) is 5.73 Å². The number of hydrogen-bond acceptors (Lipinski definition) is 4. The summed E-state index contributed by atoms with van der Waals surface area (Å²) in [5.74, 6) is 0.850. The number of β-amino-alcohol motifs (C(OH)–C–C–N with tert-alkyl or cyclic N) is 1. The molecule has 1 aromatic carbocycles. The quantitative estimate of drug-likeness (QED) is 0.841. The van der Waals surface area contributed by atoms with E-state index < -0.39 is 0 Å². The molecular weight excluding hydrogens is 228 g/mol. The molecule has 100 valence electrons. The van der Waals surface area contributed by atoms with Crippen LogP contribution in [0.15, 0.2) is 24.3 Å². The number of ether oxygens (including phenoxy) is 1. The largest absolute Gasteiger partial charge is 0.497 e. The van der Waals surface area contributed by atoms with Crippen LogP contribution in [0.25, 0.3) is 0 Å².